The summed E-state index contributed by atoms with van der Waals surface area (Å²) in [6, 6.07) is 24.4. The van der Waals surface area contributed by atoms with Crippen molar-refractivity contribution in [3.8, 4) is 34.5 Å². The standard InChI is InChI=1S/C34H30O6/c1-35-22-9-7-19(8-10-22)31-30(21-14-24(37-3)17-25(15-21)38-4)27-16-20-13-23(36-2)11-12-26(20)32-28(39-5)18-29(40-6)34(31)33(27)32/h7-18H,1-6H3. The van der Waals surface area contributed by atoms with Gasteiger partial charge in [-0.25, -0.2) is 0 Å². The van der Waals surface area contributed by atoms with Gasteiger partial charge in [0.15, 0.2) is 0 Å². The quantitative estimate of drug-likeness (QED) is 0.190. The van der Waals surface area contributed by atoms with Gasteiger partial charge in [0.1, 0.15) is 34.5 Å². The van der Waals surface area contributed by atoms with Crippen LogP contribution < -0.4 is 28.4 Å². The molecule has 0 N–H and O–H groups in total. The molecule has 5 aromatic carbocycles. The van der Waals surface area contributed by atoms with Crippen LogP contribution in [0.3, 0.4) is 0 Å². The topological polar surface area (TPSA) is 55.4 Å². The van der Waals surface area contributed by atoms with E-state index in [-0.39, 0.29) is 0 Å². The molecule has 1 aliphatic carbocycles. The van der Waals surface area contributed by atoms with Gasteiger partial charge in [0.05, 0.1) is 42.7 Å². The van der Waals surface area contributed by atoms with Crippen LogP contribution in [-0.2, 0) is 0 Å². The summed E-state index contributed by atoms with van der Waals surface area (Å²) in [4.78, 5) is 0. The molecule has 0 saturated heterocycles. The summed E-state index contributed by atoms with van der Waals surface area (Å²) in [6.07, 6.45) is 0. The number of hydrogen-bond acceptors (Lipinski definition) is 6. The predicted octanol–water partition coefficient (Wildman–Crippen LogP) is 7.37. The Balaban J connectivity index is 1.82. The molecule has 0 bridgehead atoms. The van der Waals surface area contributed by atoms with E-state index >= 15 is 0 Å². The molecule has 0 amide bonds. The molecule has 1 aliphatic rings. The highest BCUT2D eigenvalue weighted by Crippen LogP contribution is 2.55. The molecule has 0 fully saturated rings. The molecule has 0 unspecified atom stereocenters. The Kier molecular flexibility index (Phi) is 6.39. The number of methoxy groups -OCH3 is 6. The minimum absolute atomic E-state index is 0.704. The molecule has 202 valence electrons. The first kappa shape index (κ1) is 25.4. The molecule has 6 heteroatoms. The third-order valence-corrected chi connectivity index (χ3v) is 7.58. The van der Waals surface area contributed by atoms with Crippen molar-refractivity contribution in [2.75, 3.05) is 42.7 Å². The van der Waals surface area contributed by atoms with Crippen molar-refractivity contribution in [2.24, 2.45) is 0 Å². The molecule has 0 atom stereocenters. The summed E-state index contributed by atoms with van der Waals surface area (Å²) < 4.78 is 34.4. The van der Waals surface area contributed by atoms with E-state index in [1.54, 1.807) is 42.7 Å². The molecule has 0 heterocycles. The molecular weight excluding hydrogens is 504 g/mol. The Morgan fingerprint density at radius 3 is 1.65 bits per heavy atom. The predicted molar refractivity (Wildman–Crippen MR) is 159 cm³/mol. The van der Waals surface area contributed by atoms with E-state index in [1.807, 2.05) is 42.5 Å². The largest absolute Gasteiger partial charge is 0.497 e. The monoisotopic (exact) mass is 534 g/mol. The van der Waals surface area contributed by atoms with E-state index < -0.39 is 0 Å². The fourth-order valence-electron chi connectivity index (χ4n) is 5.74. The summed E-state index contributed by atoms with van der Waals surface area (Å²) in [5.74, 6) is 4.45. The van der Waals surface area contributed by atoms with Gasteiger partial charge in [-0.05, 0) is 81.6 Å². The lowest BCUT2D eigenvalue weighted by Gasteiger charge is -2.17. The summed E-state index contributed by atoms with van der Waals surface area (Å²) in [6.45, 7) is 0. The molecule has 6 rings (SSSR count). The first-order valence-corrected chi connectivity index (χ1v) is 12.9. The van der Waals surface area contributed by atoms with Crippen LogP contribution in [0.25, 0.3) is 32.7 Å². The van der Waals surface area contributed by atoms with E-state index in [9.17, 15) is 0 Å². The van der Waals surface area contributed by atoms with Crippen LogP contribution in [0.15, 0.2) is 72.8 Å². The Labute approximate surface area is 233 Å². The summed E-state index contributed by atoms with van der Waals surface area (Å²) >= 11 is 0. The van der Waals surface area contributed by atoms with Crippen molar-refractivity contribution in [3.05, 3.63) is 95.1 Å². The van der Waals surface area contributed by atoms with Crippen molar-refractivity contribution in [2.45, 2.75) is 0 Å². The maximum absolute atomic E-state index is 6.03. The molecular formula is C34H30O6. The van der Waals surface area contributed by atoms with E-state index in [1.165, 1.54) is 0 Å². The van der Waals surface area contributed by atoms with Gasteiger partial charge >= 0.3 is 0 Å². The van der Waals surface area contributed by atoms with Gasteiger partial charge in [0, 0.05) is 34.0 Å². The molecule has 0 spiro atoms. The molecule has 6 nitrogen and oxygen atoms in total. The van der Waals surface area contributed by atoms with Crippen molar-refractivity contribution in [1.29, 1.82) is 0 Å². The van der Waals surface area contributed by atoms with Crippen molar-refractivity contribution in [1.82, 2.24) is 0 Å². The van der Waals surface area contributed by atoms with Crippen LogP contribution in [0.1, 0.15) is 22.3 Å². The second kappa shape index (κ2) is 10.0. The van der Waals surface area contributed by atoms with Crippen molar-refractivity contribution in [3.63, 3.8) is 0 Å². The van der Waals surface area contributed by atoms with Crippen LogP contribution in [0, 0.1) is 0 Å². The van der Waals surface area contributed by atoms with E-state index in [0.29, 0.717) is 11.5 Å². The molecule has 5 aromatic rings. The highest BCUT2D eigenvalue weighted by molar-refractivity contribution is 6.28. The molecule has 0 saturated carbocycles. The third kappa shape index (κ3) is 3.87. The fourth-order valence-corrected chi connectivity index (χ4v) is 5.74. The van der Waals surface area contributed by atoms with Crippen LogP contribution in [0.5, 0.6) is 34.5 Å². The number of benzene rings is 5. The lowest BCUT2D eigenvalue weighted by atomic mass is 9.91. The average molecular weight is 535 g/mol. The van der Waals surface area contributed by atoms with Crippen molar-refractivity contribution < 1.29 is 28.4 Å². The Morgan fingerprint density at radius 1 is 0.425 bits per heavy atom. The Hall–Kier alpha value is -4.84. The van der Waals surface area contributed by atoms with Crippen LogP contribution >= 0.6 is 0 Å². The highest BCUT2D eigenvalue weighted by Gasteiger charge is 2.32. The summed E-state index contributed by atoms with van der Waals surface area (Å²) in [5, 5.41) is 4.19. The summed E-state index contributed by atoms with van der Waals surface area (Å²) in [7, 11) is 10.1. The third-order valence-electron chi connectivity index (χ3n) is 7.58. The van der Waals surface area contributed by atoms with Gasteiger partial charge in [-0.2, -0.15) is 0 Å². The molecule has 0 radical (unpaired) electrons. The van der Waals surface area contributed by atoms with Gasteiger partial charge in [0.25, 0.3) is 0 Å². The normalized spacial score (nSPS) is 12.2. The maximum Gasteiger partial charge on any atom is 0.131 e. The highest BCUT2D eigenvalue weighted by atomic mass is 16.5. The fraction of sp³-hybridized carbons (Fsp3) is 0.176. The first-order valence-electron chi connectivity index (χ1n) is 12.9. The van der Waals surface area contributed by atoms with Crippen molar-refractivity contribution >= 4 is 32.7 Å². The second-order valence-electron chi connectivity index (χ2n) is 9.50. The minimum Gasteiger partial charge on any atom is -0.497 e. The zero-order chi connectivity index (χ0) is 28.0. The SMILES string of the molecule is COc1ccc(C2=C(c3cc(OC)cc(OC)c3)c3cc4cc(OC)ccc4c4c(OC)cc(OC)c2c34)cc1. The minimum atomic E-state index is 0.704. The zero-order valence-electron chi connectivity index (χ0n) is 23.4. The summed E-state index contributed by atoms with van der Waals surface area (Å²) in [5.41, 5.74) is 6.14. The zero-order valence-corrected chi connectivity index (χ0v) is 23.4. The lowest BCUT2D eigenvalue weighted by molar-refractivity contribution is 0.394. The van der Waals surface area contributed by atoms with Gasteiger partial charge in [-0.15, -0.1) is 0 Å². The van der Waals surface area contributed by atoms with Gasteiger partial charge < -0.3 is 28.4 Å². The Bertz CT molecular complexity index is 1780. The smallest absolute Gasteiger partial charge is 0.131 e. The second-order valence-corrected chi connectivity index (χ2v) is 9.50. The lowest BCUT2D eigenvalue weighted by Crippen LogP contribution is -1.96. The molecule has 0 aromatic heterocycles. The van der Waals surface area contributed by atoms with E-state index in [4.69, 9.17) is 28.4 Å². The number of hydrogen-bond donors (Lipinski definition) is 0. The Morgan fingerprint density at radius 2 is 1.05 bits per heavy atom. The molecule has 40 heavy (non-hydrogen) atoms. The number of rotatable bonds is 8. The van der Waals surface area contributed by atoms with Gasteiger partial charge in [-0.1, -0.05) is 12.1 Å². The van der Waals surface area contributed by atoms with Crippen LogP contribution in [-0.4, -0.2) is 42.7 Å². The van der Waals surface area contributed by atoms with Gasteiger partial charge in [0.2, 0.25) is 0 Å². The maximum atomic E-state index is 6.03. The van der Waals surface area contributed by atoms with Gasteiger partial charge in [-0.3, -0.25) is 0 Å². The van der Waals surface area contributed by atoms with E-state index in [2.05, 4.69) is 30.3 Å². The molecule has 0 aliphatic heterocycles. The van der Waals surface area contributed by atoms with Crippen LogP contribution in [0.2, 0.25) is 0 Å². The van der Waals surface area contributed by atoms with Crippen LogP contribution in [0.4, 0.5) is 0 Å². The number of ether oxygens (including phenoxy) is 6. The average Bonchev–Trinajstić information content (AvgIpc) is 3.35. The first-order chi connectivity index (χ1) is 19.5. The van der Waals surface area contributed by atoms with E-state index in [0.717, 1.165) is 77.9 Å². The number of fused-ring (bicyclic) bond motifs is 2.